The lowest BCUT2D eigenvalue weighted by atomic mass is 9.74. The maximum Gasteiger partial charge on any atom is 0.291 e. The molecular formula is C16H24O3S. The van der Waals surface area contributed by atoms with E-state index in [-0.39, 0.29) is 22.7 Å². The Bertz CT molecular complexity index is 589. The lowest BCUT2D eigenvalue weighted by molar-refractivity contribution is 0.418. The molecule has 0 aromatic heterocycles. The Morgan fingerprint density at radius 2 is 1.90 bits per heavy atom. The molecule has 0 bridgehead atoms. The Labute approximate surface area is 122 Å². The molecule has 0 aromatic rings. The lowest BCUT2D eigenvalue weighted by Crippen LogP contribution is -2.27. The van der Waals surface area contributed by atoms with Gasteiger partial charge in [-0.25, -0.2) is 0 Å². The van der Waals surface area contributed by atoms with Crippen molar-refractivity contribution in [2.75, 3.05) is 0 Å². The van der Waals surface area contributed by atoms with Crippen molar-refractivity contribution in [1.29, 1.82) is 0 Å². The number of hydrogen-bond acceptors (Lipinski definition) is 2. The quantitative estimate of drug-likeness (QED) is 0.797. The molecule has 20 heavy (non-hydrogen) atoms. The van der Waals surface area contributed by atoms with Gasteiger partial charge in [0.05, 0.1) is 4.91 Å². The lowest BCUT2D eigenvalue weighted by Gasteiger charge is -2.35. The third kappa shape index (κ3) is 2.77. The topological polar surface area (TPSA) is 54.4 Å². The third-order valence-corrected chi connectivity index (χ3v) is 5.37. The average Bonchev–Trinajstić information content (AvgIpc) is 2.34. The highest BCUT2D eigenvalue weighted by molar-refractivity contribution is 7.89. The molecule has 1 atom stereocenters. The summed E-state index contributed by atoms with van der Waals surface area (Å²) in [6.07, 6.45) is 6.84. The summed E-state index contributed by atoms with van der Waals surface area (Å²) in [6.45, 7) is 8.05. The van der Waals surface area contributed by atoms with E-state index in [4.69, 9.17) is 0 Å². The predicted molar refractivity (Wildman–Crippen MR) is 81.8 cm³/mol. The SMILES string of the molecule is CC(C)C1=C(S(=O)(=O)O)C(C(C)C)CC2=C1CCC=C2. The Morgan fingerprint density at radius 3 is 2.40 bits per heavy atom. The molecule has 0 radical (unpaired) electrons. The van der Waals surface area contributed by atoms with Gasteiger partial charge >= 0.3 is 0 Å². The molecule has 112 valence electrons. The van der Waals surface area contributed by atoms with Crippen LogP contribution in [0.3, 0.4) is 0 Å². The molecule has 1 N–H and O–H groups in total. The highest BCUT2D eigenvalue weighted by Gasteiger charge is 2.37. The van der Waals surface area contributed by atoms with Crippen LogP contribution >= 0.6 is 0 Å². The number of allylic oxidation sites excluding steroid dienone is 6. The maximum absolute atomic E-state index is 11.9. The predicted octanol–water partition coefficient (Wildman–Crippen LogP) is 4.11. The molecule has 2 aliphatic rings. The number of hydrogen-bond donors (Lipinski definition) is 1. The van der Waals surface area contributed by atoms with Gasteiger partial charge in [-0.3, -0.25) is 4.55 Å². The van der Waals surface area contributed by atoms with Crippen molar-refractivity contribution in [2.24, 2.45) is 17.8 Å². The molecule has 0 aliphatic heterocycles. The van der Waals surface area contributed by atoms with E-state index < -0.39 is 10.1 Å². The summed E-state index contributed by atoms with van der Waals surface area (Å²) in [4.78, 5) is 0.275. The van der Waals surface area contributed by atoms with Crippen molar-refractivity contribution in [1.82, 2.24) is 0 Å². The second-order valence-electron chi connectivity index (χ2n) is 6.41. The molecule has 0 spiro atoms. The highest BCUT2D eigenvalue weighted by atomic mass is 32.2. The second kappa shape index (κ2) is 5.49. The zero-order valence-corrected chi connectivity index (χ0v) is 13.5. The molecule has 0 amide bonds. The van der Waals surface area contributed by atoms with E-state index in [1.165, 1.54) is 5.57 Å². The fraction of sp³-hybridized carbons (Fsp3) is 0.625. The Balaban J connectivity index is 2.72. The first kappa shape index (κ1) is 15.5. The highest BCUT2D eigenvalue weighted by Crippen LogP contribution is 2.46. The van der Waals surface area contributed by atoms with E-state index in [1.807, 2.05) is 27.7 Å². The van der Waals surface area contributed by atoms with Crippen LogP contribution in [0.25, 0.3) is 0 Å². The van der Waals surface area contributed by atoms with Gasteiger partial charge in [0.25, 0.3) is 10.1 Å². The smallest absolute Gasteiger partial charge is 0.282 e. The van der Waals surface area contributed by atoms with E-state index in [9.17, 15) is 13.0 Å². The van der Waals surface area contributed by atoms with Crippen molar-refractivity contribution in [3.63, 3.8) is 0 Å². The van der Waals surface area contributed by atoms with Crippen LogP contribution in [0.1, 0.15) is 47.0 Å². The second-order valence-corrected chi connectivity index (χ2v) is 7.80. The summed E-state index contributed by atoms with van der Waals surface area (Å²) >= 11 is 0. The normalized spacial score (nSPS) is 23.9. The van der Waals surface area contributed by atoms with Gasteiger partial charge in [-0.2, -0.15) is 8.42 Å². The van der Waals surface area contributed by atoms with E-state index in [0.29, 0.717) is 0 Å². The third-order valence-electron chi connectivity index (χ3n) is 4.29. The van der Waals surface area contributed by atoms with E-state index in [0.717, 1.165) is 30.4 Å². The van der Waals surface area contributed by atoms with Crippen molar-refractivity contribution in [2.45, 2.75) is 47.0 Å². The molecule has 2 aliphatic carbocycles. The fourth-order valence-corrected chi connectivity index (χ4v) is 4.77. The molecule has 0 fully saturated rings. The van der Waals surface area contributed by atoms with Crippen LogP contribution in [0.5, 0.6) is 0 Å². The molecular weight excluding hydrogens is 272 g/mol. The van der Waals surface area contributed by atoms with Gasteiger partial charge in [-0.1, -0.05) is 39.8 Å². The van der Waals surface area contributed by atoms with Crippen molar-refractivity contribution in [3.05, 3.63) is 33.8 Å². The van der Waals surface area contributed by atoms with Gasteiger partial charge in [0.2, 0.25) is 0 Å². The van der Waals surface area contributed by atoms with Crippen LogP contribution in [-0.2, 0) is 10.1 Å². The molecule has 0 saturated carbocycles. The van der Waals surface area contributed by atoms with E-state index in [1.54, 1.807) is 0 Å². The Kier molecular flexibility index (Phi) is 4.26. The molecule has 0 heterocycles. The Hall–Kier alpha value is -0.870. The summed E-state index contributed by atoms with van der Waals surface area (Å²) in [5, 5.41) is 0. The van der Waals surface area contributed by atoms with Crippen LogP contribution in [0.4, 0.5) is 0 Å². The Morgan fingerprint density at radius 1 is 1.25 bits per heavy atom. The van der Waals surface area contributed by atoms with Crippen LogP contribution in [0.2, 0.25) is 0 Å². The van der Waals surface area contributed by atoms with Gasteiger partial charge in [0.15, 0.2) is 0 Å². The molecule has 4 heteroatoms. The minimum Gasteiger partial charge on any atom is -0.282 e. The largest absolute Gasteiger partial charge is 0.291 e. The molecule has 3 nitrogen and oxygen atoms in total. The van der Waals surface area contributed by atoms with Gasteiger partial charge in [-0.05, 0) is 47.8 Å². The summed E-state index contributed by atoms with van der Waals surface area (Å²) in [7, 11) is -4.14. The first-order valence-corrected chi connectivity index (χ1v) is 8.78. The molecule has 1 unspecified atom stereocenters. The maximum atomic E-state index is 11.9. The first-order valence-electron chi connectivity index (χ1n) is 7.34. The van der Waals surface area contributed by atoms with Gasteiger partial charge in [0, 0.05) is 5.92 Å². The van der Waals surface area contributed by atoms with Crippen LogP contribution in [0, 0.1) is 17.8 Å². The molecule has 0 saturated heterocycles. The van der Waals surface area contributed by atoms with Crippen molar-refractivity contribution < 1.29 is 13.0 Å². The minimum atomic E-state index is -4.14. The van der Waals surface area contributed by atoms with Crippen molar-refractivity contribution in [3.8, 4) is 0 Å². The fourth-order valence-electron chi connectivity index (χ4n) is 3.39. The van der Waals surface area contributed by atoms with E-state index in [2.05, 4.69) is 12.2 Å². The van der Waals surface area contributed by atoms with Crippen LogP contribution in [-0.4, -0.2) is 13.0 Å². The summed E-state index contributed by atoms with van der Waals surface area (Å²) in [5.41, 5.74) is 3.26. The minimum absolute atomic E-state index is 0.102. The zero-order valence-electron chi connectivity index (χ0n) is 12.7. The van der Waals surface area contributed by atoms with E-state index >= 15 is 0 Å². The van der Waals surface area contributed by atoms with Crippen molar-refractivity contribution >= 4 is 10.1 Å². The molecule has 2 rings (SSSR count). The summed E-state index contributed by atoms with van der Waals surface area (Å²) in [5.74, 6) is 0.166. The van der Waals surface area contributed by atoms with Gasteiger partial charge in [0.1, 0.15) is 0 Å². The van der Waals surface area contributed by atoms with Gasteiger partial charge < -0.3 is 0 Å². The number of rotatable bonds is 3. The van der Waals surface area contributed by atoms with Crippen LogP contribution < -0.4 is 0 Å². The monoisotopic (exact) mass is 296 g/mol. The first-order chi connectivity index (χ1) is 9.23. The summed E-state index contributed by atoms with van der Waals surface area (Å²) < 4.78 is 33.6. The standard InChI is InChI=1S/C16H24O3S/c1-10(2)14-9-12-7-5-6-8-13(12)15(11(3)4)16(14)20(17,18)19/h5,7,10-11,14H,6,8-9H2,1-4H3,(H,17,18,19). The zero-order chi connectivity index (χ0) is 15.1. The molecule has 0 aromatic carbocycles. The van der Waals surface area contributed by atoms with Crippen LogP contribution in [0.15, 0.2) is 33.8 Å². The summed E-state index contributed by atoms with van der Waals surface area (Å²) in [6, 6.07) is 0. The van der Waals surface area contributed by atoms with Gasteiger partial charge in [-0.15, -0.1) is 0 Å². The average molecular weight is 296 g/mol.